The Morgan fingerprint density at radius 2 is 1.56 bits per heavy atom. The maximum Gasteiger partial charge on any atom is 0.327 e. The number of carbonyl (C=O) groups is 1. The molecule has 2 heterocycles. The number of piperazine rings is 1. The monoisotopic (exact) mass is 586 g/mol. The number of hydrogen-bond donors (Lipinski definition) is 1. The fraction of sp³-hybridized carbons (Fsp3) is 0.344. The number of rotatable bonds is 8. The van der Waals surface area contributed by atoms with Crippen LogP contribution in [0.1, 0.15) is 24.4 Å². The summed E-state index contributed by atoms with van der Waals surface area (Å²) in [6, 6.07) is 17.0. The van der Waals surface area contributed by atoms with Crippen molar-refractivity contribution in [2.75, 3.05) is 69.8 Å². The number of methoxy groups -OCH3 is 3. The van der Waals surface area contributed by atoms with Gasteiger partial charge >= 0.3 is 6.03 Å². The van der Waals surface area contributed by atoms with Crippen LogP contribution in [0.5, 0.6) is 17.2 Å². The Morgan fingerprint density at radius 1 is 0.907 bits per heavy atom. The maximum atomic E-state index is 14.2. The number of nitrogens with zero attached hydrogens (tertiary/aromatic N) is 5. The average Bonchev–Trinajstić information content (AvgIpc) is 3.02. The number of likely N-dealkylation sites (N-methyl/N-ethyl adjacent to an activating group) is 1. The van der Waals surface area contributed by atoms with Crippen LogP contribution in [0.2, 0.25) is 0 Å². The third kappa shape index (κ3) is 6.07. The summed E-state index contributed by atoms with van der Waals surface area (Å²) >= 11 is 0. The molecule has 0 bridgehead atoms. The molecule has 11 heteroatoms. The molecule has 0 spiro atoms. The summed E-state index contributed by atoms with van der Waals surface area (Å²) in [6.07, 6.45) is 0. The number of fused-ring (bicyclic) bond motifs is 1. The second-order valence-electron chi connectivity index (χ2n) is 10.6. The first-order valence-corrected chi connectivity index (χ1v) is 14.2. The van der Waals surface area contributed by atoms with E-state index in [-0.39, 0.29) is 5.56 Å². The van der Waals surface area contributed by atoms with Gasteiger partial charge in [-0.3, -0.25) is 9.69 Å². The van der Waals surface area contributed by atoms with Crippen molar-refractivity contribution in [3.63, 3.8) is 0 Å². The first-order valence-electron chi connectivity index (χ1n) is 14.2. The molecule has 5 rings (SSSR count). The van der Waals surface area contributed by atoms with Crippen LogP contribution < -0.4 is 35.0 Å². The minimum Gasteiger partial charge on any atom is -0.497 e. The van der Waals surface area contributed by atoms with Gasteiger partial charge in [0, 0.05) is 37.9 Å². The predicted molar refractivity (Wildman–Crippen MR) is 169 cm³/mol. The number of benzene rings is 3. The summed E-state index contributed by atoms with van der Waals surface area (Å²) in [5.74, 6) is 2.01. The van der Waals surface area contributed by atoms with Gasteiger partial charge in [-0.15, -0.1) is 0 Å². The number of urea groups is 1. The molecule has 0 saturated carbocycles. The van der Waals surface area contributed by atoms with E-state index < -0.39 is 12.1 Å². The van der Waals surface area contributed by atoms with Crippen LogP contribution in [0.25, 0.3) is 10.9 Å². The quantitative estimate of drug-likeness (QED) is 0.324. The van der Waals surface area contributed by atoms with Crippen LogP contribution in [0, 0.1) is 6.92 Å². The second-order valence-corrected chi connectivity index (χ2v) is 10.6. The predicted octanol–water partition coefficient (Wildman–Crippen LogP) is 4.41. The average molecular weight is 587 g/mol. The van der Waals surface area contributed by atoms with Gasteiger partial charge in [-0.2, -0.15) is 0 Å². The summed E-state index contributed by atoms with van der Waals surface area (Å²) in [7, 11) is 6.74. The standard InChI is InChI=1S/C32H38N6O5/c1-21-7-9-23(10-8-21)33-32(40)37(28-14-12-25(42-5)20-29(28)43-6)22(2)30-34-27-13-11-24(41-4)19-26(27)31(39)38(30)36-17-15-35(3)16-18-36/h7-14,19-20,22H,15-18H2,1-6H3,(H,33,40). The molecule has 1 fully saturated rings. The van der Waals surface area contributed by atoms with Gasteiger partial charge in [0.05, 0.1) is 44.0 Å². The zero-order valence-electron chi connectivity index (χ0n) is 25.5. The molecule has 1 N–H and O–H groups in total. The van der Waals surface area contributed by atoms with Gasteiger partial charge in [0.15, 0.2) is 5.82 Å². The zero-order valence-corrected chi connectivity index (χ0v) is 25.5. The molecule has 1 aromatic heterocycles. The fourth-order valence-electron chi connectivity index (χ4n) is 5.25. The van der Waals surface area contributed by atoms with E-state index in [1.54, 1.807) is 67.3 Å². The lowest BCUT2D eigenvalue weighted by Gasteiger charge is -2.38. The summed E-state index contributed by atoms with van der Waals surface area (Å²) in [6.45, 7) is 6.65. The van der Waals surface area contributed by atoms with Crippen molar-refractivity contribution in [1.29, 1.82) is 0 Å². The van der Waals surface area contributed by atoms with Gasteiger partial charge < -0.3 is 29.4 Å². The Kier molecular flexibility index (Phi) is 8.72. The molecule has 4 aromatic rings. The van der Waals surface area contributed by atoms with Crippen molar-refractivity contribution < 1.29 is 19.0 Å². The molecule has 11 nitrogen and oxygen atoms in total. The number of amides is 2. The number of ether oxygens (including phenoxy) is 3. The van der Waals surface area contributed by atoms with E-state index in [4.69, 9.17) is 19.2 Å². The smallest absolute Gasteiger partial charge is 0.327 e. The molecule has 1 saturated heterocycles. The summed E-state index contributed by atoms with van der Waals surface area (Å²) in [5, 5.41) is 5.46. The number of aromatic nitrogens is 2. The number of aryl methyl sites for hydroxylation is 1. The highest BCUT2D eigenvalue weighted by Crippen LogP contribution is 2.37. The van der Waals surface area contributed by atoms with Crippen molar-refractivity contribution >= 4 is 28.3 Å². The van der Waals surface area contributed by atoms with Crippen LogP contribution in [0.4, 0.5) is 16.2 Å². The van der Waals surface area contributed by atoms with E-state index in [0.29, 0.717) is 58.4 Å². The highest BCUT2D eigenvalue weighted by molar-refractivity contribution is 6.03. The summed E-state index contributed by atoms with van der Waals surface area (Å²) in [4.78, 5) is 37.2. The third-order valence-corrected chi connectivity index (χ3v) is 7.77. The van der Waals surface area contributed by atoms with Crippen molar-refractivity contribution in [1.82, 2.24) is 14.6 Å². The van der Waals surface area contributed by atoms with E-state index in [0.717, 1.165) is 18.7 Å². The second kappa shape index (κ2) is 12.6. The lowest BCUT2D eigenvalue weighted by Crippen LogP contribution is -2.55. The first-order chi connectivity index (χ1) is 20.7. The molecule has 0 radical (unpaired) electrons. The van der Waals surface area contributed by atoms with Crippen LogP contribution in [0.15, 0.2) is 65.5 Å². The fourth-order valence-corrected chi connectivity index (χ4v) is 5.25. The minimum absolute atomic E-state index is 0.226. The normalized spacial score (nSPS) is 14.3. The molecule has 43 heavy (non-hydrogen) atoms. The Balaban J connectivity index is 1.69. The van der Waals surface area contributed by atoms with Crippen molar-refractivity contribution in [3.05, 3.63) is 82.4 Å². The van der Waals surface area contributed by atoms with E-state index >= 15 is 0 Å². The number of carbonyl (C=O) groups excluding carboxylic acids is 1. The van der Waals surface area contributed by atoms with E-state index in [9.17, 15) is 9.59 Å². The molecule has 1 aliphatic heterocycles. The van der Waals surface area contributed by atoms with Gasteiger partial charge in [-0.25, -0.2) is 14.5 Å². The van der Waals surface area contributed by atoms with E-state index in [1.807, 2.05) is 43.1 Å². The van der Waals surface area contributed by atoms with Crippen LogP contribution in [-0.2, 0) is 0 Å². The van der Waals surface area contributed by atoms with Gasteiger partial charge in [-0.1, -0.05) is 17.7 Å². The summed E-state index contributed by atoms with van der Waals surface area (Å²) in [5.41, 5.74) is 2.49. The van der Waals surface area contributed by atoms with E-state index in [1.165, 1.54) is 0 Å². The van der Waals surface area contributed by atoms with Gasteiger partial charge in [0.1, 0.15) is 17.2 Å². The Morgan fingerprint density at radius 3 is 2.21 bits per heavy atom. The third-order valence-electron chi connectivity index (χ3n) is 7.77. The Bertz CT molecular complexity index is 1660. The molecule has 0 aliphatic carbocycles. The van der Waals surface area contributed by atoms with Crippen molar-refractivity contribution in [2.24, 2.45) is 0 Å². The SMILES string of the molecule is COc1ccc(N(C(=O)Nc2ccc(C)cc2)C(C)c2nc3ccc(OC)cc3c(=O)n2N2CCN(C)CC2)c(OC)c1. The van der Waals surface area contributed by atoms with Crippen molar-refractivity contribution in [3.8, 4) is 17.2 Å². The molecule has 1 atom stereocenters. The number of nitrogens with one attached hydrogen (secondary N) is 1. The zero-order chi connectivity index (χ0) is 30.7. The molecule has 2 amide bonds. The van der Waals surface area contributed by atoms with Crippen LogP contribution in [-0.4, -0.2) is 75.1 Å². The van der Waals surface area contributed by atoms with Gasteiger partial charge in [0.2, 0.25) is 0 Å². The topological polar surface area (TPSA) is 101 Å². The van der Waals surface area contributed by atoms with Crippen LogP contribution >= 0.6 is 0 Å². The first kappa shape index (κ1) is 29.7. The molecular formula is C32H38N6O5. The molecule has 1 aliphatic rings. The molecular weight excluding hydrogens is 548 g/mol. The molecule has 1 unspecified atom stereocenters. The van der Waals surface area contributed by atoms with Gasteiger partial charge in [-0.05, 0) is 63.4 Å². The Labute approximate surface area is 251 Å². The van der Waals surface area contributed by atoms with Crippen LogP contribution in [0.3, 0.4) is 0 Å². The summed E-state index contributed by atoms with van der Waals surface area (Å²) < 4.78 is 18.2. The molecule has 3 aromatic carbocycles. The Hall–Kier alpha value is -4.77. The molecule has 226 valence electrons. The maximum absolute atomic E-state index is 14.2. The minimum atomic E-state index is -0.702. The van der Waals surface area contributed by atoms with E-state index in [2.05, 4.69) is 17.3 Å². The highest BCUT2D eigenvalue weighted by Gasteiger charge is 2.32. The largest absolute Gasteiger partial charge is 0.497 e. The lowest BCUT2D eigenvalue weighted by atomic mass is 10.1. The van der Waals surface area contributed by atoms with Crippen molar-refractivity contribution in [2.45, 2.75) is 19.9 Å². The lowest BCUT2D eigenvalue weighted by molar-refractivity contribution is 0.253. The highest BCUT2D eigenvalue weighted by atomic mass is 16.5. The number of anilines is 2. The van der Waals surface area contributed by atoms with Gasteiger partial charge in [0.25, 0.3) is 5.56 Å². The number of hydrogen-bond acceptors (Lipinski definition) is 8.